The van der Waals surface area contributed by atoms with Gasteiger partial charge >= 0.3 is 0 Å². The highest BCUT2D eigenvalue weighted by molar-refractivity contribution is 9.10. The van der Waals surface area contributed by atoms with E-state index in [2.05, 4.69) is 40.3 Å². The van der Waals surface area contributed by atoms with Crippen LogP contribution < -0.4 is 5.32 Å². The van der Waals surface area contributed by atoms with Crippen LogP contribution in [0.2, 0.25) is 0 Å². The molecular weight excluding hydrogens is 298 g/mol. The van der Waals surface area contributed by atoms with Gasteiger partial charge in [-0.1, -0.05) is 6.07 Å². The number of hydrogen-bond acceptors (Lipinski definition) is 3. The lowest BCUT2D eigenvalue weighted by atomic mass is 10.2. The molecular formula is C13H14BrNOS. The fourth-order valence-electron chi connectivity index (χ4n) is 1.57. The number of aromatic hydroxyl groups is 1. The first kappa shape index (κ1) is 12.6. The summed E-state index contributed by atoms with van der Waals surface area (Å²) in [7, 11) is 0. The molecule has 17 heavy (non-hydrogen) atoms. The largest absolute Gasteiger partial charge is 0.507 e. The fraction of sp³-hybridized carbons (Fsp3) is 0.231. The van der Waals surface area contributed by atoms with E-state index in [9.17, 15) is 5.11 Å². The van der Waals surface area contributed by atoms with Gasteiger partial charge in [-0.15, -0.1) is 11.3 Å². The standard InChI is InChI=1S/C13H14BrNOS/c1-9-2-4-11(17-9)8-15-7-10-3-5-13(16)12(14)6-10/h2-6,15-16H,7-8H2,1H3. The molecule has 90 valence electrons. The first-order chi connectivity index (χ1) is 8.15. The Morgan fingerprint density at radius 2 is 2.06 bits per heavy atom. The molecule has 0 saturated carbocycles. The molecule has 2 rings (SSSR count). The summed E-state index contributed by atoms with van der Waals surface area (Å²) in [5.41, 5.74) is 1.16. The first-order valence-corrected chi connectivity index (χ1v) is 6.99. The van der Waals surface area contributed by atoms with Gasteiger partial charge in [0.25, 0.3) is 0 Å². The highest BCUT2D eigenvalue weighted by Gasteiger charge is 2.00. The summed E-state index contributed by atoms with van der Waals surface area (Å²) < 4.78 is 0.740. The summed E-state index contributed by atoms with van der Waals surface area (Å²) in [6.45, 7) is 3.80. The van der Waals surface area contributed by atoms with Gasteiger partial charge < -0.3 is 10.4 Å². The van der Waals surface area contributed by atoms with Crippen molar-refractivity contribution in [3.63, 3.8) is 0 Å². The predicted octanol–water partition coefficient (Wildman–Crippen LogP) is 3.81. The molecule has 0 spiro atoms. The van der Waals surface area contributed by atoms with E-state index in [1.54, 1.807) is 6.07 Å². The maximum atomic E-state index is 9.38. The highest BCUT2D eigenvalue weighted by Crippen LogP contribution is 2.24. The number of thiophene rings is 1. The lowest BCUT2D eigenvalue weighted by Gasteiger charge is -2.05. The third kappa shape index (κ3) is 3.56. The van der Waals surface area contributed by atoms with Gasteiger partial charge in [-0.3, -0.25) is 0 Å². The molecule has 1 aromatic carbocycles. The van der Waals surface area contributed by atoms with Crippen molar-refractivity contribution in [1.82, 2.24) is 5.32 Å². The van der Waals surface area contributed by atoms with Gasteiger partial charge in [0.2, 0.25) is 0 Å². The molecule has 2 aromatic rings. The van der Waals surface area contributed by atoms with Crippen molar-refractivity contribution >= 4 is 27.3 Å². The van der Waals surface area contributed by atoms with Crippen LogP contribution in [-0.4, -0.2) is 5.11 Å². The Balaban J connectivity index is 1.87. The van der Waals surface area contributed by atoms with Crippen molar-refractivity contribution in [2.75, 3.05) is 0 Å². The molecule has 0 aliphatic heterocycles. The van der Waals surface area contributed by atoms with E-state index in [4.69, 9.17) is 0 Å². The molecule has 0 aliphatic rings. The molecule has 2 N–H and O–H groups in total. The van der Waals surface area contributed by atoms with Gasteiger partial charge in [0.15, 0.2) is 0 Å². The zero-order valence-corrected chi connectivity index (χ0v) is 11.9. The molecule has 0 saturated heterocycles. The summed E-state index contributed by atoms with van der Waals surface area (Å²) >= 11 is 5.13. The minimum atomic E-state index is 0.280. The zero-order chi connectivity index (χ0) is 12.3. The van der Waals surface area contributed by atoms with E-state index >= 15 is 0 Å². The van der Waals surface area contributed by atoms with Crippen molar-refractivity contribution in [3.8, 4) is 5.75 Å². The number of nitrogens with one attached hydrogen (secondary N) is 1. The summed E-state index contributed by atoms with van der Waals surface area (Å²) in [5.74, 6) is 0.280. The predicted molar refractivity (Wildman–Crippen MR) is 75.4 cm³/mol. The fourth-order valence-corrected chi connectivity index (χ4v) is 2.86. The zero-order valence-electron chi connectivity index (χ0n) is 9.53. The Labute approximate surface area is 113 Å². The van der Waals surface area contributed by atoms with E-state index in [0.29, 0.717) is 0 Å². The molecule has 0 radical (unpaired) electrons. The lowest BCUT2D eigenvalue weighted by Crippen LogP contribution is -2.11. The molecule has 2 nitrogen and oxygen atoms in total. The summed E-state index contributed by atoms with van der Waals surface area (Å²) in [5, 5.41) is 12.8. The number of halogens is 1. The molecule has 0 fully saturated rings. The average Bonchev–Trinajstić information content (AvgIpc) is 2.70. The van der Waals surface area contributed by atoms with E-state index in [1.165, 1.54) is 9.75 Å². The molecule has 4 heteroatoms. The number of aryl methyl sites for hydroxylation is 1. The molecule has 1 heterocycles. The number of rotatable bonds is 4. The molecule has 0 amide bonds. The van der Waals surface area contributed by atoms with Gasteiger partial charge in [-0.05, 0) is 52.7 Å². The van der Waals surface area contributed by atoms with Crippen molar-refractivity contribution in [2.24, 2.45) is 0 Å². The van der Waals surface area contributed by atoms with E-state index < -0.39 is 0 Å². The van der Waals surface area contributed by atoms with E-state index in [-0.39, 0.29) is 5.75 Å². The number of benzene rings is 1. The maximum Gasteiger partial charge on any atom is 0.129 e. The lowest BCUT2D eigenvalue weighted by molar-refractivity contribution is 0.471. The maximum absolute atomic E-state index is 9.38. The Morgan fingerprint density at radius 1 is 1.24 bits per heavy atom. The first-order valence-electron chi connectivity index (χ1n) is 5.38. The van der Waals surface area contributed by atoms with Crippen molar-refractivity contribution < 1.29 is 5.11 Å². The third-order valence-electron chi connectivity index (χ3n) is 2.44. The average molecular weight is 312 g/mol. The monoisotopic (exact) mass is 311 g/mol. The van der Waals surface area contributed by atoms with Crippen LogP contribution in [0.15, 0.2) is 34.8 Å². The molecule has 0 unspecified atom stereocenters. The van der Waals surface area contributed by atoms with Crippen molar-refractivity contribution in [2.45, 2.75) is 20.0 Å². The van der Waals surface area contributed by atoms with Crippen LogP contribution in [-0.2, 0) is 13.1 Å². The molecule has 0 aliphatic carbocycles. The van der Waals surface area contributed by atoms with Gasteiger partial charge in [-0.25, -0.2) is 0 Å². The van der Waals surface area contributed by atoms with Crippen molar-refractivity contribution in [3.05, 3.63) is 50.1 Å². The topological polar surface area (TPSA) is 32.3 Å². The molecule has 0 atom stereocenters. The van der Waals surface area contributed by atoms with Crippen LogP contribution in [0.25, 0.3) is 0 Å². The Hall–Kier alpha value is -0.840. The Kier molecular flexibility index (Phi) is 4.20. The van der Waals surface area contributed by atoms with Gasteiger partial charge in [-0.2, -0.15) is 0 Å². The quantitative estimate of drug-likeness (QED) is 0.899. The molecule has 0 bridgehead atoms. The molecule has 1 aromatic heterocycles. The van der Waals surface area contributed by atoms with Crippen LogP contribution in [0.4, 0.5) is 0 Å². The highest BCUT2D eigenvalue weighted by atomic mass is 79.9. The van der Waals surface area contributed by atoms with Crippen molar-refractivity contribution in [1.29, 1.82) is 0 Å². The second kappa shape index (κ2) is 5.67. The van der Waals surface area contributed by atoms with Crippen LogP contribution in [0, 0.1) is 6.92 Å². The van der Waals surface area contributed by atoms with E-state index in [1.807, 2.05) is 23.5 Å². The Morgan fingerprint density at radius 3 is 2.71 bits per heavy atom. The van der Waals surface area contributed by atoms with Gasteiger partial charge in [0.1, 0.15) is 5.75 Å². The smallest absolute Gasteiger partial charge is 0.129 e. The van der Waals surface area contributed by atoms with Gasteiger partial charge in [0.05, 0.1) is 4.47 Å². The van der Waals surface area contributed by atoms with Crippen LogP contribution >= 0.6 is 27.3 Å². The number of phenolic OH excluding ortho intramolecular Hbond substituents is 1. The summed E-state index contributed by atoms with van der Waals surface area (Å²) in [6, 6.07) is 9.85. The SMILES string of the molecule is Cc1ccc(CNCc2ccc(O)c(Br)c2)s1. The second-order valence-corrected chi connectivity index (χ2v) is 6.13. The van der Waals surface area contributed by atoms with Crippen LogP contribution in [0.1, 0.15) is 15.3 Å². The van der Waals surface area contributed by atoms with Crippen LogP contribution in [0.5, 0.6) is 5.75 Å². The third-order valence-corrected chi connectivity index (χ3v) is 4.07. The normalized spacial score (nSPS) is 10.7. The number of hydrogen-bond donors (Lipinski definition) is 2. The number of phenols is 1. The minimum Gasteiger partial charge on any atom is -0.507 e. The summed E-state index contributed by atoms with van der Waals surface area (Å²) in [6.07, 6.45) is 0. The van der Waals surface area contributed by atoms with Gasteiger partial charge in [0, 0.05) is 22.8 Å². The van der Waals surface area contributed by atoms with Crippen LogP contribution in [0.3, 0.4) is 0 Å². The Bertz CT molecular complexity index is 510. The second-order valence-electron chi connectivity index (χ2n) is 3.90. The summed E-state index contributed by atoms with van der Waals surface area (Å²) in [4.78, 5) is 2.69. The minimum absolute atomic E-state index is 0.280. The van der Waals surface area contributed by atoms with E-state index in [0.717, 1.165) is 23.1 Å².